The fraction of sp³-hybridized carbons (Fsp3) is 0.333. The van der Waals surface area contributed by atoms with Gasteiger partial charge in [0.2, 0.25) is 0 Å². The molecule has 0 aliphatic heterocycles. The van der Waals surface area contributed by atoms with Gasteiger partial charge in [-0.1, -0.05) is 0 Å². The van der Waals surface area contributed by atoms with Gasteiger partial charge in [-0.3, -0.25) is 10.1 Å². The number of H-pyrrole nitrogens is 1. The van der Waals surface area contributed by atoms with E-state index in [2.05, 4.69) is 20.3 Å². The van der Waals surface area contributed by atoms with Crippen molar-refractivity contribution in [2.24, 2.45) is 0 Å². The average Bonchev–Trinajstić information content (AvgIpc) is 3.29. The van der Waals surface area contributed by atoms with Crippen molar-refractivity contribution >= 4 is 11.8 Å². The summed E-state index contributed by atoms with van der Waals surface area (Å²) in [5.41, 5.74) is 5.21. The van der Waals surface area contributed by atoms with E-state index in [9.17, 15) is 13.2 Å². The van der Waals surface area contributed by atoms with Gasteiger partial charge in [-0.2, -0.15) is 28.6 Å². The number of hydrogen-bond acceptors (Lipinski definition) is 5. The molecule has 0 aromatic carbocycles. The molecule has 1 unspecified atom stereocenters. The molecule has 1 aliphatic carbocycles. The largest absolute Gasteiger partial charge is 0.397 e. The smallest absolute Gasteiger partial charge is 0.281 e. The van der Waals surface area contributed by atoms with Crippen LogP contribution in [0.4, 0.5) is 13.2 Å². The lowest BCUT2D eigenvalue weighted by atomic mass is 9.93. The van der Waals surface area contributed by atoms with Crippen LogP contribution in [0.3, 0.4) is 0 Å². The van der Waals surface area contributed by atoms with Crippen LogP contribution in [-0.4, -0.2) is 36.9 Å². The minimum absolute atomic E-state index is 0.342. The number of aromatic nitrogens is 5. The first-order valence-electron chi connectivity index (χ1n) is 8.55. The molecular weight excluding hydrogens is 389 g/mol. The highest BCUT2D eigenvalue weighted by molar-refractivity contribution is 7.99. The van der Waals surface area contributed by atoms with Crippen molar-refractivity contribution in [2.75, 3.05) is 5.75 Å². The maximum atomic E-state index is 12.5. The molecule has 0 amide bonds. The lowest BCUT2D eigenvalue weighted by Gasteiger charge is -2.15. The van der Waals surface area contributed by atoms with Crippen molar-refractivity contribution in [1.82, 2.24) is 25.0 Å². The Hall–Kier alpha value is -2.80. The summed E-state index contributed by atoms with van der Waals surface area (Å²) in [7, 11) is 0. The van der Waals surface area contributed by atoms with Crippen molar-refractivity contribution in [3.8, 4) is 23.0 Å². The number of aromatic amines is 1. The number of rotatable bonds is 4. The first-order valence-corrected chi connectivity index (χ1v) is 9.60. The molecule has 0 spiro atoms. The first kappa shape index (κ1) is 18.6. The van der Waals surface area contributed by atoms with Crippen LogP contribution in [0, 0.1) is 11.3 Å². The van der Waals surface area contributed by atoms with Gasteiger partial charge in [0.1, 0.15) is 6.07 Å². The molecular formula is C18H15F3N6S. The monoisotopic (exact) mass is 404 g/mol. The summed E-state index contributed by atoms with van der Waals surface area (Å²) in [6, 6.07) is 3.74. The number of pyridine rings is 1. The molecule has 0 radical (unpaired) electrons. The Morgan fingerprint density at radius 2 is 2.18 bits per heavy atom. The van der Waals surface area contributed by atoms with E-state index in [0.717, 1.165) is 40.0 Å². The molecule has 3 aromatic rings. The van der Waals surface area contributed by atoms with E-state index in [1.165, 1.54) is 6.20 Å². The molecule has 0 saturated heterocycles. The number of aryl methyl sites for hydroxylation is 1. The third kappa shape index (κ3) is 3.49. The van der Waals surface area contributed by atoms with E-state index in [-0.39, 0.29) is 5.25 Å². The third-order valence-electron chi connectivity index (χ3n) is 4.58. The lowest BCUT2D eigenvalue weighted by Crippen LogP contribution is -2.12. The van der Waals surface area contributed by atoms with E-state index >= 15 is 0 Å². The third-order valence-corrected chi connectivity index (χ3v) is 5.81. The molecule has 28 heavy (non-hydrogen) atoms. The molecule has 144 valence electrons. The van der Waals surface area contributed by atoms with Gasteiger partial charge in [-0.05, 0) is 25.8 Å². The van der Waals surface area contributed by atoms with Crippen LogP contribution in [0.5, 0.6) is 0 Å². The molecule has 0 saturated carbocycles. The van der Waals surface area contributed by atoms with Crippen LogP contribution in [0.15, 0.2) is 24.7 Å². The van der Waals surface area contributed by atoms with Gasteiger partial charge in [-0.15, -0.1) is 11.8 Å². The highest BCUT2D eigenvalue weighted by atomic mass is 32.2. The fourth-order valence-corrected chi connectivity index (χ4v) is 4.08. The van der Waals surface area contributed by atoms with Crippen LogP contribution in [-0.2, 0) is 12.8 Å². The first-order chi connectivity index (χ1) is 13.4. The summed E-state index contributed by atoms with van der Waals surface area (Å²) in [5.74, 6) is -0.895. The molecule has 6 nitrogen and oxygen atoms in total. The predicted molar refractivity (Wildman–Crippen MR) is 98.0 cm³/mol. The van der Waals surface area contributed by atoms with Crippen LogP contribution >= 0.6 is 11.8 Å². The number of fused-ring (bicyclic) bond motifs is 3. The molecule has 3 heterocycles. The SMILES string of the molecule is CC(SCC(F)(F)F)c1[nH]nc2c1CCc1nn(-c3cncc(C#N)c3)cc1-2. The number of hydrogen-bond donors (Lipinski definition) is 1. The number of halogens is 3. The molecule has 3 aromatic heterocycles. The number of alkyl halides is 3. The topological polar surface area (TPSA) is 83.2 Å². The summed E-state index contributed by atoms with van der Waals surface area (Å²) >= 11 is 0.845. The van der Waals surface area contributed by atoms with Crippen molar-refractivity contribution in [3.05, 3.63) is 47.2 Å². The summed E-state index contributed by atoms with van der Waals surface area (Å²) in [6.07, 6.45) is 2.06. The Balaban J connectivity index is 1.64. The molecule has 1 N–H and O–H groups in total. The highest BCUT2D eigenvalue weighted by Gasteiger charge is 2.31. The van der Waals surface area contributed by atoms with E-state index in [1.807, 2.05) is 12.3 Å². The Morgan fingerprint density at radius 1 is 1.36 bits per heavy atom. The quantitative estimate of drug-likeness (QED) is 0.711. The Bertz CT molecular complexity index is 1060. The van der Waals surface area contributed by atoms with Gasteiger partial charge < -0.3 is 0 Å². The van der Waals surface area contributed by atoms with Crippen LogP contribution in [0.25, 0.3) is 16.9 Å². The summed E-state index contributed by atoms with van der Waals surface area (Å²) in [6.45, 7) is 1.75. The van der Waals surface area contributed by atoms with Crippen molar-refractivity contribution in [2.45, 2.75) is 31.2 Å². The van der Waals surface area contributed by atoms with E-state index in [0.29, 0.717) is 24.1 Å². The van der Waals surface area contributed by atoms with Gasteiger partial charge in [-0.25, -0.2) is 4.68 Å². The van der Waals surface area contributed by atoms with Crippen molar-refractivity contribution in [1.29, 1.82) is 5.26 Å². The zero-order valence-electron chi connectivity index (χ0n) is 14.8. The molecule has 1 aliphatic rings. The van der Waals surface area contributed by atoms with E-state index in [4.69, 9.17) is 5.26 Å². The van der Waals surface area contributed by atoms with Gasteiger partial charge >= 0.3 is 6.18 Å². The molecule has 1 atom stereocenters. The van der Waals surface area contributed by atoms with Crippen LogP contribution in [0.2, 0.25) is 0 Å². The standard InChI is InChI=1S/C18H15F3N6S/c1-10(28-9-18(19,20)21)16-13-2-3-15-14(17(13)25-24-16)8-27(26-15)12-4-11(5-22)6-23-7-12/h4,6-8,10H,2-3,9H2,1H3,(H,24,25). The van der Waals surface area contributed by atoms with Gasteiger partial charge in [0.15, 0.2) is 0 Å². The second-order valence-electron chi connectivity index (χ2n) is 6.51. The number of nitrogens with one attached hydrogen (secondary N) is 1. The molecule has 0 fully saturated rings. The summed E-state index contributed by atoms with van der Waals surface area (Å²) in [4.78, 5) is 4.05. The van der Waals surface area contributed by atoms with Crippen molar-refractivity contribution in [3.63, 3.8) is 0 Å². The number of nitrogens with zero attached hydrogens (tertiary/aromatic N) is 5. The zero-order chi connectivity index (χ0) is 19.9. The van der Waals surface area contributed by atoms with Crippen LogP contribution < -0.4 is 0 Å². The molecule has 4 rings (SSSR count). The summed E-state index contributed by atoms with van der Waals surface area (Å²) < 4.78 is 39.2. The number of thioether (sulfide) groups is 1. The van der Waals surface area contributed by atoms with Gasteiger partial charge in [0.25, 0.3) is 0 Å². The Kier molecular flexibility index (Phi) is 4.63. The van der Waals surface area contributed by atoms with Gasteiger partial charge in [0.05, 0.1) is 40.3 Å². The Morgan fingerprint density at radius 3 is 2.93 bits per heavy atom. The fourth-order valence-electron chi connectivity index (χ4n) is 3.28. The number of nitriles is 1. The molecule has 10 heteroatoms. The Labute approximate surface area is 162 Å². The minimum Gasteiger partial charge on any atom is -0.281 e. The predicted octanol–water partition coefficient (Wildman–Crippen LogP) is 3.98. The second-order valence-corrected chi connectivity index (χ2v) is 7.84. The van der Waals surface area contributed by atoms with Crippen molar-refractivity contribution < 1.29 is 13.2 Å². The minimum atomic E-state index is -4.20. The van der Waals surface area contributed by atoms with E-state index < -0.39 is 11.9 Å². The zero-order valence-corrected chi connectivity index (χ0v) is 15.6. The van der Waals surface area contributed by atoms with E-state index in [1.54, 1.807) is 23.9 Å². The normalized spacial score (nSPS) is 14.2. The van der Waals surface area contributed by atoms with Crippen LogP contribution in [0.1, 0.15) is 34.7 Å². The maximum Gasteiger partial charge on any atom is 0.397 e. The lowest BCUT2D eigenvalue weighted by molar-refractivity contribution is -0.105. The molecule has 0 bridgehead atoms. The average molecular weight is 404 g/mol. The second kappa shape index (κ2) is 6.98. The van der Waals surface area contributed by atoms with Gasteiger partial charge in [0, 0.05) is 28.8 Å². The highest BCUT2D eigenvalue weighted by Crippen LogP contribution is 2.40. The summed E-state index contributed by atoms with van der Waals surface area (Å²) in [5, 5.41) is 20.6. The maximum absolute atomic E-state index is 12.5.